The van der Waals surface area contributed by atoms with Crippen LogP contribution in [0.3, 0.4) is 0 Å². The second kappa shape index (κ2) is 11.8. The van der Waals surface area contributed by atoms with E-state index in [-0.39, 0.29) is 13.2 Å². The number of nitrogens with zero attached hydrogens (tertiary/aromatic N) is 1. The zero-order chi connectivity index (χ0) is 23.0. The molecule has 5 nitrogen and oxygen atoms in total. The van der Waals surface area contributed by atoms with Crippen LogP contribution in [0.25, 0.3) is 0 Å². The monoisotopic (exact) mass is 444 g/mol. The fourth-order valence-corrected chi connectivity index (χ4v) is 4.08. The lowest BCUT2D eigenvalue weighted by Crippen LogP contribution is -2.51. The Morgan fingerprint density at radius 1 is 1.26 bits per heavy atom. The Balaban J connectivity index is 2.09. The first-order valence-corrected chi connectivity index (χ1v) is 11.0. The van der Waals surface area contributed by atoms with Gasteiger partial charge in [-0.3, -0.25) is 4.79 Å². The van der Waals surface area contributed by atoms with Gasteiger partial charge in [-0.25, -0.2) is 0 Å². The normalized spacial score (nSPS) is 18.4. The Labute approximate surface area is 183 Å². The first-order chi connectivity index (χ1) is 14.6. The number of aliphatic hydroxyl groups is 1. The number of rotatable bonds is 10. The maximum absolute atomic E-state index is 13.1. The van der Waals surface area contributed by atoms with Gasteiger partial charge in [-0.2, -0.15) is 13.2 Å². The van der Waals surface area contributed by atoms with Crippen molar-refractivity contribution in [1.82, 2.24) is 10.2 Å². The van der Waals surface area contributed by atoms with Crippen LogP contribution in [0.2, 0.25) is 0 Å². The third kappa shape index (κ3) is 7.47. The van der Waals surface area contributed by atoms with Crippen LogP contribution in [0.4, 0.5) is 13.2 Å². The molecular weight excluding hydrogens is 409 g/mol. The molecule has 0 saturated heterocycles. The van der Waals surface area contributed by atoms with E-state index in [9.17, 15) is 23.1 Å². The molecule has 2 N–H and O–H groups in total. The summed E-state index contributed by atoms with van der Waals surface area (Å²) in [5.74, 6) is 0.0257. The lowest BCUT2D eigenvalue weighted by molar-refractivity contribution is -0.144. The molecule has 1 aliphatic rings. The Morgan fingerprint density at radius 3 is 2.55 bits per heavy atom. The second-order valence-electron chi connectivity index (χ2n) is 8.47. The van der Waals surface area contributed by atoms with E-state index in [0.717, 1.165) is 31.5 Å². The number of nitrogens with one attached hydrogen (secondary N) is 1. The van der Waals surface area contributed by atoms with Crippen LogP contribution in [0, 0.1) is 5.92 Å². The molecule has 0 aliphatic heterocycles. The van der Waals surface area contributed by atoms with Crippen LogP contribution in [0.15, 0.2) is 24.3 Å². The quantitative estimate of drug-likeness (QED) is 0.569. The summed E-state index contributed by atoms with van der Waals surface area (Å²) in [4.78, 5) is 14.5. The Hall–Kier alpha value is -1.64. The van der Waals surface area contributed by atoms with Crippen molar-refractivity contribution in [1.29, 1.82) is 0 Å². The number of alkyl halides is 3. The van der Waals surface area contributed by atoms with Crippen LogP contribution >= 0.6 is 0 Å². The minimum absolute atomic E-state index is 0.166. The van der Waals surface area contributed by atoms with Gasteiger partial charge in [-0.15, -0.1) is 0 Å². The fourth-order valence-electron chi connectivity index (χ4n) is 4.08. The van der Waals surface area contributed by atoms with E-state index >= 15 is 0 Å². The van der Waals surface area contributed by atoms with Gasteiger partial charge >= 0.3 is 6.18 Å². The van der Waals surface area contributed by atoms with Crippen LogP contribution in [-0.4, -0.2) is 54.9 Å². The Kier molecular flexibility index (Phi) is 9.78. The predicted molar refractivity (Wildman–Crippen MR) is 113 cm³/mol. The van der Waals surface area contributed by atoms with Gasteiger partial charge in [0, 0.05) is 19.7 Å². The number of benzene rings is 1. The van der Waals surface area contributed by atoms with Crippen molar-refractivity contribution in [3.63, 3.8) is 0 Å². The smallest absolute Gasteiger partial charge is 0.383 e. The van der Waals surface area contributed by atoms with E-state index in [1.165, 1.54) is 37.3 Å². The molecule has 2 rings (SSSR count). The van der Waals surface area contributed by atoms with E-state index in [1.807, 2.05) is 0 Å². The first-order valence-electron chi connectivity index (χ1n) is 11.0. The first kappa shape index (κ1) is 25.6. The minimum Gasteiger partial charge on any atom is -0.383 e. The number of hydrogen-bond acceptors (Lipinski definition) is 4. The van der Waals surface area contributed by atoms with E-state index in [2.05, 4.69) is 5.32 Å². The zero-order valence-electron chi connectivity index (χ0n) is 18.6. The number of methoxy groups -OCH3 is 1. The molecule has 0 bridgehead atoms. The molecule has 0 spiro atoms. The highest BCUT2D eigenvalue weighted by Gasteiger charge is 2.33. The summed E-state index contributed by atoms with van der Waals surface area (Å²) in [7, 11) is 1.49. The maximum atomic E-state index is 13.1. The van der Waals surface area contributed by atoms with E-state index < -0.39 is 35.8 Å². The van der Waals surface area contributed by atoms with Gasteiger partial charge in [0.1, 0.15) is 6.10 Å². The molecule has 1 fully saturated rings. The van der Waals surface area contributed by atoms with Crippen molar-refractivity contribution < 1.29 is 27.8 Å². The number of aliphatic hydroxyl groups excluding tert-OH is 1. The highest BCUT2D eigenvalue weighted by atomic mass is 19.4. The van der Waals surface area contributed by atoms with Crippen LogP contribution in [0.1, 0.15) is 63.1 Å². The highest BCUT2D eigenvalue weighted by molar-refractivity contribution is 5.82. The molecule has 0 aromatic heterocycles. The molecule has 1 aromatic carbocycles. The SMILES string of the molecule is COCCN(C(=O)[C@@H](O)[C@@H](C)NCC1CCCCC1)C(C)c1cccc(C(F)(F)F)c1. The topological polar surface area (TPSA) is 61.8 Å². The van der Waals surface area contributed by atoms with Crippen LogP contribution < -0.4 is 5.32 Å². The van der Waals surface area contributed by atoms with Gasteiger partial charge in [0.15, 0.2) is 0 Å². The van der Waals surface area contributed by atoms with Gasteiger partial charge in [-0.1, -0.05) is 31.4 Å². The summed E-state index contributed by atoms with van der Waals surface area (Å²) in [5.41, 5.74) is -0.409. The number of ether oxygens (including phenoxy) is 1. The summed E-state index contributed by atoms with van der Waals surface area (Å²) in [5, 5.41) is 14.0. The van der Waals surface area contributed by atoms with Crippen molar-refractivity contribution in [3.8, 4) is 0 Å². The van der Waals surface area contributed by atoms with Crippen LogP contribution in [-0.2, 0) is 15.7 Å². The molecule has 0 radical (unpaired) electrons. The molecule has 0 heterocycles. The van der Waals surface area contributed by atoms with Crippen molar-refractivity contribution in [3.05, 3.63) is 35.4 Å². The second-order valence-corrected chi connectivity index (χ2v) is 8.47. The maximum Gasteiger partial charge on any atom is 0.416 e. The lowest BCUT2D eigenvalue weighted by atomic mass is 9.89. The average molecular weight is 445 g/mol. The molecule has 3 atom stereocenters. The van der Waals surface area contributed by atoms with E-state index in [1.54, 1.807) is 19.9 Å². The Morgan fingerprint density at radius 2 is 1.94 bits per heavy atom. The molecule has 1 aromatic rings. The van der Waals surface area contributed by atoms with Gasteiger partial charge in [0.2, 0.25) is 0 Å². The molecule has 176 valence electrons. The van der Waals surface area contributed by atoms with Gasteiger partial charge in [-0.05, 0) is 56.8 Å². The zero-order valence-corrected chi connectivity index (χ0v) is 18.6. The van der Waals surface area contributed by atoms with Gasteiger partial charge < -0.3 is 20.1 Å². The molecule has 1 saturated carbocycles. The summed E-state index contributed by atoms with van der Waals surface area (Å²) in [6.45, 7) is 4.54. The summed E-state index contributed by atoms with van der Waals surface area (Å²) >= 11 is 0. The molecular formula is C23H35F3N2O3. The molecule has 1 unspecified atom stereocenters. The minimum atomic E-state index is -4.46. The standard InChI is InChI=1S/C23H35F3N2O3/c1-16(27-15-18-8-5-4-6-9-18)21(29)22(30)28(12-13-31-3)17(2)19-10-7-11-20(14-19)23(24,25)26/h7,10-11,14,16-18,21,27,29H,4-6,8-9,12-13,15H2,1-3H3/t16-,17?,21+/m1/s1. The van der Waals surface area contributed by atoms with Crippen molar-refractivity contribution in [2.24, 2.45) is 5.92 Å². The third-order valence-electron chi connectivity index (χ3n) is 6.16. The Bertz CT molecular complexity index is 693. The molecule has 1 amide bonds. The average Bonchev–Trinajstić information content (AvgIpc) is 2.77. The fraction of sp³-hybridized carbons (Fsp3) is 0.696. The molecule has 8 heteroatoms. The van der Waals surface area contributed by atoms with Crippen molar-refractivity contribution >= 4 is 5.91 Å². The summed E-state index contributed by atoms with van der Waals surface area (Å²) < 4.78 is 44.4. The molecule has 31 heavy (non-hydrogen) atoms. The summed E-state index contributed by atoms with van der Waals surface area (Å²) in [6, 6.07) is 3.83. The number of carbonyl (C=O) groups is 1. The van der Waals surface area contributed by atoms with Crippen molar-refractivity contribution in [2.45, 2.75) is 70.3 Å². The van der Waals surface area contributed by atoms with Gasteiger partial charge in [0.25, 0.3) is 5.91 Å². The number of amides is 1. The van der Waals surface area contributed by atoms with Crippen molar-refractivity contribution in [2.75, 3.05) is 26.8 Å². The number of carbonyl (C=O) groups excluding carboxylic acids is 1. The third-order valence-corrected chi connectivity index (χ3v) is 6.16. The number of hydrogen-bond donors (Lipinski definition) is 2. The highest BCUT2D eigenvalue weighted by Crippen LogP contribution is 2.32. The largest absolute Gasteiger partial charge is 0.416 e. The van der Waals surface area contributed by atoms with E-state index in [4.69, 9.17) is 4.74 Å². The summed E-state index contributed by atoms with van der Waals surface area (Å²) in [6.07, 6.45) is 0.215. The van der Waals surface area contributed by atoms with E-state index in [0.29, 0.717) is 11.5 Å². The predicted octanol–water partition coefficient (Wildman–Crippen LogP) is 4.16. The van der Waals surface area contributed by atoms with Gasteiger partial charge in [0.05, 0.1) is 18.2 Å². The molecule has 1 aliphatic carbocycles. The van der Waals surface area contributed by atoms with Crippen LogP contribution in [0.5, 0.6) is 0 Å². The lowest BCUT2D eigenvalue weighted by Gasteiger charge is -2.33. The number of halogens is 3.